The fourth-order valence-electron chi connectivity index (χ4n) is 1.82. The van der Waals surface area contributed by atoms with E-state index in [2.05, 4.69) is 27.2 Å². The highest BCUT2D eigenvalue weighted by molar-refractivity contribution is 7.13. The lowest BCUT2D eigenvalue weighted by atomic mass is 10.2. The fraction of sp³-hybridized carbons (Fsp3) is 0.333. The van der Waals surface area contributed by atoms with Gasteiger partial charge in [-0.1, -0.05) is 13.0 Å². The van der Waals surface area contributed by atoms with Crippen LogP contribution in [0.15, 0.2) is 28.6 Å². The number of rotatable bonds is 7. The molecule has 122 valence electrons. The van der Waals surface area contributed by atoms with E-state index >= 15 is 0 Å². The van der Waals surface area contributed by atoms with Gasteiger partial charge in [0.2, 0.25) is 11.0 Å². The summed E-state index contributed by atoms with van der Waals surface area (Å²) in [4.78, 5) is 24.2. The lowest BCUT2D eigenvalue weighted by molar-refractivity contribution is -0.119. The van der Waals surface area contributed by atoms with Crippen molar-refractivity contribution in [1.82, 2.24) is 20.3 Å². The minimum absolute atomic E-state index is 0.0825. The standard InChI is InChI=1S/C15H20N6OS/c1-3-7-21(16)10-18-15-20-14(9-23-15)13-6-4-5-12(19-13)8-17-11(2)22/h4-6,9-10H,3,7-8,16H2,1-2H3,(H,17,22). The van der Waals surface area contributed by atoms with E-state index in [1.54, 1.807) is 6.34 Å². The zero-order valence-electron chi connectivity index (χ0n) is 13.2. The topological polar surface area (TPSA) is 96.5 Å². The number of aromatic nitrogens is 2. The first-order valence-electron chi connectivity index (χ1n) is 7.30. The second-order valence-corrected chi connectivity index (χ2v) is 5.76. The molecule has 0 fully saturated rings. The number of hydrazine groups is 1. The van der Waals surface area contributed by atoms with E-state index in [9.17, 15) is 4.79 Å². The van der Waals surface area contributed by atoms with Crippen molar-refractivity contribution in [3.8, 4) is 11.4 Å². The van der Waals surface area contributed by atoms with E-state index in [-0.39, 0.29) is 5.91 Å². The molecule has 0 unspecified atom stereocenters. The minimum atomic E-state index is -0.0825. The largest absolute Gasteiger partial charge is 0.351 e. The lowest BCUT2D eigenvalue weighted by Gasteiger charge is -2.08. The summed E-state index contributed by atoms with van der Waals surface area (Å²) >= 11 is 1.43. The van der Waals surface area contributed by atoms with Gasteiger partial charge in [0, 0.05) is 18.8 Å². The van der Waals surface area contributed by atoms with Crippen molar-refractivity contribution in [3.63, 3.8) is 0 Å². The van der Waals surface area contributed by atoms with Crippen LogP contribution in [0.4, 0.5) is 5.13 Å². The first kappa shape index (κ1) is 17.0. The summed E-state index contributed by atoms with van der Waals surface area (Å²) in [5, 5.41) is 6.79. The number of nitrogens with zero attached hydrogens (tertiary/aromatic N) is 4. The van der Waals surface area contributed by atoms with Crippen LogP contribution in [0, 0.1) is 0 Å². The molecule has 0 aliphatic carbocycles. The second-order valence-electron chi connectivity index (χ2n) is 4.92. The number of nitrogens with one attached hydrogen (secondary N) is 1. The number of hydrogen-bond acceptors (Lipinski definition) is 6. The van der Waals surface area contributed by atoms with Crippen LogP contribution in [-0.2, 0) is 11.3 Å². The summed E-state index contributed by atoms with van der Waals surface area (Å²) in [6, 6.07) is 5.64. The average molecular weight is 332 g/mol. The number of carbonyl (C=O) groups is 1. The third-order valence-corrected chi connectivity index (χ3v) is 3.63. The van der Waals surface area contributed by atoms with Crippen LogP contribution in [-0.4, -0.2) is 33.8 Å². The van der Waals surface area contributed by atoms with Crippen LogP contribution in [0.1, 0.15) is 26.0 Å². The molecule has 0 aliphatic heterocycles. The summed E-state index contributed by atoms with van der Waals surface area (Å²) in [6.45, 7) is 4.68. The first-order chi connectivity index (χ1) is 11.1. The Morgan fingerprint density at radius 1 is 1.43 bits per heavy atom. The molecule has 2 rings (SSSR count). The molecule has 0 saturated heterocycles. The lowest BCUT2D eigenvalue weighted by Crippen LogP contribution is -2.29. The number of amides is 1. The van der Waals surface area contributed by atoms with Crippen molar-refractivity contribution in [2.75, 3.05) is 6.54 Å². The van der Waals surface area contributed by atoms with Crippen molar-refractivity contribution in [2.45, 2.75) is 26.8 Å². The predicted molar refractivity (Wildman–Crippen MR) is 92.2 cm³/mol. The highest BCUT2D eigenvalue weighted by atomic mass is 32.1. The Kier molecular flexibility index (Phi) is 6.19. The number of hydrogen-bond donors (Lipinski definition) is 2. The number of pyridine rings is 1. The fourth-order valence-corrected chi connectivity index (χ4v) is 2.47. The molecular formula is C15H20N6OS. The van der Waals surface area contributed by atoms with Crippen LogP contribution >= 0.6 is 11.3 Å². The summed E-state index contributed by atoms with van der Waals surface area (Å²) in [6.07, 6.45) is 2.53. The van der Waals surface area contributed by atoms with Crippen molar-refractivity contribution in [1.29, 1.82) is 0 Å². The molecule has 8 heteroatoms. The number of nitrogens with two attached hydrogens (primary N) is 1. The van der Waals surface area contributed by atoms with Gasteiger partial charge in [0.25, 0.3) is 0 Å². The smallest absolute Gasteiger partial charge is 0.217 e. The molecule has 2 aromatic rings. The zero-order valence-corrected chi connectivity index (χ0v) is 14.0. The second kappa shape index (κ2) is 8.35. The molecule has 3 N–H and O–H groups in total. The molecule has 2 aromatic heterocycles. The Labute approximate surface area is 139 Å². The van der Waals surface area contributed by atoms with Crippen LogP contribution in [0.25, 0.3) is 11.4 Å². The summed E-state index contributed by atoms with van der Waals surface area (Å²) in [7, 11) is 0. The normalized spacial score (nSPS) is 10.9. The van der Waals surface area contributed by atoms with E-state index in [4.69, 9.17) is 5.84 Å². The van der Waals surface area contributed by atoms with Gasteiger partial charge in [-0.15, -0.1) is 11.3 Å². The Hall–Kier alpha value is -2.32. The molecule has 0 aliphatic rings. The van der Waals surface area contributed by atoms with Gasteiger partial charge >= 0.3 is 0 Å². The van der Waals surface area contributed by atoms with Crippen LogP contribution in [0.2, 0.25) is 0 Å². The minimum Gasteiger partial charge on any atom is -0.351 e. The van der Waals surface area contributed by atoms with Crippen molar-refractivity contribution >= 4 is 28.7 Å². The van der Waals surface area contributed by atoms with Gasteiger partial charge < -0.3 is 10.3 Å². The molecule has 0 atom stereocenters. The number of aliphatic imine (C=N–C) groups is 1. The Morgan fingerprint density at radius 3 is 3.00 bits per heavy atom. The maximum absolute atomic E-state index is 11.0. The molecule has 0 aromatic carbocycles. The molecule has 23 heavy (non-hydrogen) atoms. The van der Waals surface area contributed by atoms with Crippen molar-refractivity contribution in [2.24, 2.45) is 10.8 Å². The molecule has 0 saturated carbocycles. The summed E-state index contributed by atoms with van der Waals surface area (Å²) < 4.78 is 0. The molecule has 0 spiro atoms. The third-order valence-electron chi connectivity index (χ3n) is 2.88. The highest BCUT2D eigenvalue weighted by Gasteiger charge is 2.06. The Bertz CT molecular complexity index is 684. The van der Waals surface area contributed by atoms with Gasteiger partial charge in [0.05, 0.1) is 17.9 Å². The molecular weight excluding hydrogens is 312 g/mol. The van der Waals surface area contributed by atoms with Crippen molar-refractivity contribution in [3.05, 3.63) is 29.3 Å². The maximum Gasteiger partial charge on any atom is 0.217 e. The molecule has 1 amide bonds. The Balaban J connectivity index is 2.08. The van der Waals surface area contributed by atoms with Gasteiger partial charge in [-0.3, -0.25) is 4.79 Å². The molecule has 2 heterocycles. The average Bonchev–Trinajstić information content (AvgIpc) is 3.00. The monoisotopic (exact) mass is 332 g/mol. The van der Waals surface area contributed by atoms with Crippen molar-refractivity contribution < 1.29 is 4.79 Å². The van der Waals surface area contributed by atoms with Gasteiger partial charge in [-0.05, 0) is 18.6 Å². The third kappa shape index (κ3) is 5.42. The predicted octanol–water partition coefficient (Wildman–Crippen LogP) is 2.09. The van der Waals surface area contributed by atoms with Gasteiger partial charge in [-0.2, -0.15) is 0 Å². The van der Waals surface area contributed by atoms with Crippen LogP contribution in [0.5, 0.6) is 0 Å². The summed E-state index contributed by atoms with van der Waals surface area (Å²) in [5.74, 6) is 5.66. The quantitative estimate of drug-likeness (QED) is 0.350. The molecule has 0 bridgehead atoms. The number of carbonyl (C=O) groups excluding carboxylic acids is 1. The maximum atomic E-state index is 11.0. The molecule has 7 nitrogen and oxygen atoms in total. The van der Waals surface area contributed by atoms with E-state index in [0.29, 0.717) is 11.7 Å². The zero-order chi connectivity index (χ0) is 16.7. The molecule has 0 radical (unpaired) electrons. The summed E-state index contributed by atoms with van der Waals surface area (Å²) in [5.41, 5.74) is 2.29. The van der Waals surface area contributed by atoms with Crippen LogP contribution in [0.3, 0.4) is 0 Å². The van der Waals surface area contributed by atoms with Gasteiger partial charge in [0.15, 0.2) is 0 Å². The van der Waals surface area contributed by atoms with E-state index < -0.39 is 0 Å². The number of thiazole rings is 1. The highest BCUT2D eigenvalue weighted by Crippen LogP contribution is 2.25. The van der Waals surface area contributed by atoms with Gasteiger partial charge in [0.1, 0.15) is 12.0 Å². The van der Waals surface area contributed by atoms with E-state index in [0.717, 1.165) is 30.0 Å². The van der Waals surface area contributed by atoms with E-state index in [1.165, 1.54) is 23.3 Å². The SMILES string of the molecule is CCCN(N)C=Nc1nc(-c2cccc(CNC(C)=O)n2)cs1. The van der Waals surface area contributed by atoms with Gasteiger partial charge in [-0.25, -0.2) is 20.8 Å². The van der Waals surface area contributed by atoms with E-state index in [1.807, 2.05) is 23.6 Å². The van der Waals surface area contributed by atoms with Crippen LogP contribution < -0.4 is 11.2 Å². The first-order valence-corrected chi connectivity index (χ1v) is 8.18. The Morgan fingerprint density at radius 2 is 2.26 bits per heavy atom.